The molecule has 0 amide bonds. The Hall–Kier alpha value is -1.06. The number of nitrogens with zero attached hydrogens (tertiary/aromatic N) is 4. The fraction of sp³-hybridized carbons (Fsp3) is 0.667. The van der Waals surface area contributed by atoms with Gasteiger partial charge in [-0.3, -0.25) is 0 Å². The molecule has 9 heteroatoms. The monoisotopic (exact) mass is 289 g/mol. The van der Waals surface area contributed by atoms with Crippen molar-refractivity contribution in [3.63, 3.8) is 0 Å². The first kappa shape index (κ1) is 13.4. The average Bonchev–Trinajstić information content (AvgIpc) is 2.83. The van der Waals surface area contributed by atoms with E-state index in [0.717, 1.165) is 12.2 Å². The number of rotatable bonds is 5. The van der Waals surface area contributed by atoms with Crippen LogP contribution in [0.15, 0.2) is 0 Å². The summed E-state index contributed by atoms with van der Waals surface area (Å²) < 4.78 is 23.8. The van der Waals surface area contributed by atoms with Crippen LogP contribution >= 0.6 is 11.3 Å². The summed E-state index contributed by atoms with van der Waals surface area (Å²) in [4.78, 5) is 0.691. The minimum absolute atomic E-state index is 0.0644. The normalized spacial score (nSPS) is 14.2. The molecule has 2 N–H and O–H groups in total. The number of hydrogen-bond donors (Lipinski definition) is 1. The van der Waals surface area contributed by atoms with Crippen LogP contribution in [0.3, 0.4) is 0 Å². The molecule has 0 bridgehead atoms. The van der Waals surface area contributed by atoms with E-state index in [9.17, 15) is 8.42 Å². The van der Waals surface area contributed by atoms with Crippen molar-refractivity contribution in [1.29, 1.82) is 0 Å². The Balaban J connectivity index is 2.18. The molecule has 1 atom stereocenters. The first-order valence-corrected chi connectivity index (χ1v) is 8.42. The van der Waals surface area contributed by atoms with Crippen LogP contribution in [0.4, 0.5) is 0 Å². The zero-order valence-corrected chi connectivity index (χ0v) is 11.8. The van der Waals surface area contributed by atoms with E-state index in [-0.39, 0.29) is 11.8 Å². The van der Waals surface area contributed by atoms with E-state index < -0.39 is 9.84 Å². The maximum atomic E-state index is 11.1. The van der Waals surface area contributed by atoms with E-state index in [4.69, 9.17) is 5.73 Å². The molecule has 0 aromatic carbocycles. The van der Waals surface area contributed by atoms with Gasteiger partial charge in [0.15, 0.2) is 5.82 Å². The van der Waals surface area contributed by atoms with Crippen LogP contribution in [0.5, 0.6) is 0 Å². The molecule has 0 radical (unpaired) electrons. The van der Waals surface area contributed by atoms with Crippen molar-refractivity contribution in [2.75, 3.05) is 12.0 Å². The fourth-order valence-corrected chi connectivity index (χ4v) is 3.08. The average molecular weight is 289 g/mol. The third-order valence-corrected chi connectivity index (χ3v) is 4.51. The van der Waals surface area contributed by atoms with Crippen molar-refractivity contribution in [3.05, 3.63) is 10.8 Å². The lowest BCUT2D eigenvalue weighted by molar-refractivity contribution is 0.590. The zero-order valence-electron chi connectivity index (χ0n) is 10.2. The van der Waals surface area contributed by atoms with Gasteiger partial charge in [-0.05, 0) is 6.42 Å². The van der Waals surface area contributed by atoms with Crippen LogP contribution in [0, 0.1) is 0 Å². The Morgan fingerprint density at radius 3 is 2.78 bits per heavy atom. The summed E-state index contributed by atoms with van der Waals surface area (Å²) in [6.45, 7) is 1.97. The Labute approximate surface area is 109 Å². The summed E-state index contributed by atoms with van der Waals surface area (Å²) in [6, 6.07) is -0.379. The highest BCUT2D eigenvalue weighted by atomic mass is 32.2. The largest absolute Gasteiger partial charge is 0.322 e. The van der Waals surface area contributed by atoms with Gasteiger partial charge in [0.2, 0.25) is 4.96 Å². The SMILES string of the molecule is CCc1nnc2sc(C(N)CCS(C)(=O)=O)nn12. The molecule has 18 heavy (non-hydrogen) atoms. The van der Waals surface area contributed by atoms with Crippen LogP contribution in [-0.2, 0) is 16.3 Å². The lowest BCUT2D eigenvalue weighted by Gasteiger charge is -2.05. The molecule has 2 aromatic rings. The topological polar surface area (TPSA) is 103 Å². The summed E-state index contributed by atoms with van der Waals surface area (Å²) in [7, 11) is -2.99. The Morgan fingerprint density at radius 2 is 2.17 bits per heavy atom. The van der Waals surface area contributed by atoms with Crippen LogP contribution in [0.2, 0.25) is 0 Å². The fourth-order valence-electron chi connectivity index (χ4n) is 1.51. The van der Waals surface area contributed by atoms with Crippen molar-refractivity contribution in [1.82, 2.24) is 19.8 Å². The van der Waals surface area contributed by atoms with Gasteiger partial charge in [0.25, 0.3) is 0 Å². The number of sulfone groups is 1. The van der Waals surface area contributed by atoms with E-state index in [0.29, 0.717) is 16.4 Å². The van der Waals surface area contributed by atoms with Crippen molar-refractivity contribution in [2.24, 2.45) is 5.73 Å². The van der Waals surface area contributed by atoms with Gasteiger partial charge in [-0.1, -0.05) is 18.3 Å². The summed E-state index contributed by atoms with van der Waals surface area (Å²) in [5.74, 6) is 0.845. The summed E-state index contributed by atoms with van der Waals surface area (Å²) in [5.41, 5.74) is 5.94. The molecule has 2 aromatic heterocycles. The highest BCUT2D eigenvalue weighted by molar-refractivity contribution is 7.90. The zero-order chi connectivity index (χ0) is 13.3. The first-order chi connectivity index (χ1) is 8.40. The molecule has 2 heterocycles. The molecule has 2 rings (SSSR count). The minimum atomic E-state index is -2.99. The molecule has 0 saturated carbocycles. The molecule has 0 saturated heterocycles. The van der Waals surface area contributed by atoms with Crippen LogP contribution in [0.1, 0.15) is 30.2 Å². The van der Waals surface area contributed by atoms with E-state index in [1.807, 2.05) is 6.92 Å². The van der Waals surface area contributed by atoms with Crippen molar-refractivity contribution < 1.29 is 8.42 Å². The van der Waals surface area contributed by atoms with Gasteiger partial charge >= 0.3 is 0 Å². The maximum absolute atomic E-state index is 11.1. The second-order valence-corrected chi connectivity index (χ2v) is 7.38. The van der Waals surface area contributed by atoms with Crippen LogP contribution in [-0.4, -0.2) is 40.2 Å². The smallest absolute Gasteiger partial charge is 0.234 e. The van der Waals surface area contributed by atoms with Gasteiger partial charge in [0, 0.05) is 12.7 Å². The molecular weight excluding hydrogens is 274 g/mol. The molecule has 0 aliphatic rings. The maximum Gasteiger partial charge on any atom is 0.234 e. The standard InChI is InChI=1S/C9H15N5O2S2/c1-3-7-11-12-9-14(7)13-8(17-9)6(10)4-5-18(2,15)16/h6H,3-5,10H2,1-2H3. The molecular formula is C9H15N5O2S2. The van der Waals surface area contributed by atoms with Gasteiger partial charge in [-0.15, -0.1) is 10.2 Å². The molecule has 0 aliphatic heterocycles. The molecule has 100 valence electrons. The van der Waals surface area contributed by atoms with E-state index >= 15 is 0 Å². The number of fused-ring (bicyclic) bond motifs is 1. The Morgan fingerprint density at radius 1 is 1.44 bits per heavy atom. The minimum Gasteiger partial charge on any atom is -0.322 e. The Bertz CT molecular complexity index is 645. The third kappa shape index (κ3) is 2.85. The number of aryl methyl sites for hydroxylation is 1. The van der Waals surface area contributed by atoms with Crippen molar-refractivity contribution in [3.8, 4) is 0 Å². The predicted octanol–water partition coefficient (Wildman–Crippen LogP) is 0.183. The molecule has 0 spiro atoms. The highest BCUT2D eigenvalue weighted by Crippen LogP contribution is 2.21. The molecule has 0 fully saturated rings. The Kier molecular flexibility index (Phi) is 3.64. The first-order valence-electron chi connectivity index (χ1n) is 5.55. The summed E-state index contributed by atoms with van der Waals surface area (Å²) in [5, 5.41) is 13.0. The van der Waals surface area contributed by atoms with Gasteiger partial charge in [-0.25, -0.2) is 8.42 Å². The summed E-state index contributed by atoms with van der Waals surface area (Å²) >= 11 is 1.35. The van der Waals surface area contributed by atoms with E-state index in [2.05, 4.69) is 15.3 Å². The van der Waals surface area contributed by atoms with Crippen molar-refractivity contribution >= 4 is 26.1 Å². The van der Waals surface area contributed by atoms with Crippen molar-refractivity contribution in [2.45, 2.75) is 25.8 Å². The van der Waals surface area contributed by atoms with Gasteiger partial charge in [0.05, 0.1) is 11.8 Å². The number of aromatic nitrogens is 4. The van der Waals surface area contributed by atoms with Crippen LogP contribution < -0.4 is 5.73 Å². The van der Waals surface area contributed by atoms with Gasteiger partial charge in [0.1, 0.15) is 14.8 Å². The third-order valence-electron chi connectivity index (χ3n) is 2.50. The van der Waals surface area contributed by atoms with E-state index in [1.54, 1.807) is 4.52 Å². The lowest BCUT2D eigenvalue weighted by Crippen LogP contribution is -2.15. The molecule has 7 nitrogen and oxygen atoms in total. The van der Waals surface area contributed by atoms with E-state index in [1.165, 1.54) is 17.6 Å². The number of nitrogens with two attached hydrogens (primary N) is 1. The van der Waals surface area contributed by atoms with Gasteiger partial charge < -0.3 is 5.73 Å². The van der Waals surface area contributed by atoms with Crippen LogP contribution in [0.25, 0.3) is 4.96 Å². The number of hydrogen-bond acceptors (Lipinski definition) is 7. The predicted molar refractivity (Wildman–Crippen MR) is 69.3 cm³/mol. The molecule has 0 aliphatic carbocycles. The lowest BCUT2D eigenvalue weighted by atomic mass is 10.2. The van der Waals surface area contributed by atoms with Gasteiger partial charge in [-0.2, -0.15) is 9.61 Å². The highest BCUT2D eigenvalue weighted by Gasteiger charge is 2.17. The quantitative estimate of drug-likeness (QED) is 0.842. The second-order valence-electron chi connectivity index (χ2n) is 4.13. The molecule has 1 unspecified atom stereocenters. The summed E-state index contributed by atoms with van der Waals surface area (Å²) in [6.07, 6.45) is 2.31. The second kappa shape index (κ2) is 4.90.